The van der Waals surface area contributed by atoms with Crippen LogP contribution >= 0.6 is 0 Å². The second-order valence-electron chi connectivity index (χ2n) is 4.84. The molecule has 1 atom stereocenters. The van der Waals surface area contributed by atoms with E-state index in [4.69, 9.17) is 4.74 Å². The number of rotatable bonds is 4. The maximum Gasteiger partial charge on any atom is 0.573 e. The Bertz CT molecular complexity index is 577. The summed E-state index contributed by atoms with van der Waals surface area (Å²) in [7, 11) is -3.46. The van der Waals surface area contributed by atoms with Crippen molar-refractivity contribution < 1.29 is 31.1 Å². The average molecular weight is 324 g/mol. The molecule has 0 spiro atoms. The third-order valence-electron chi connectivity index (χ3n) is 3.13. The van der Waals surface area contributed by atoms with Crippen LogP contribution in [0.4, 0.5) is 13.2 Å². The van der Waals surface area contributed by atoms with Gasteiger partial charge in [0.2, 0.25) is 0 Å². The van der Waals surface area contributed by atoms with Gasteiger partial charge in [-0.1, -0.05) is 12.1 Å². The summed E-state index contributed by atoms with van der Waals surface area (Å²) >= 11 is 0. The number of sulfone groups is 1. The lowest BCUT2D eigenvalue weighted by Crippen LogP contribution is -2.31. The summed E-state index contributed by atoms with van der Waals surface area (Å²) in [5.41, 5.74) is 0.266. The predicted octanol–water partition coefficient (Wildman–Crippen LogP) is 2.68. The lowest BCUT2D eigenvalue weighted by molar-refractivity contribution is -0.274. The van der Waals surface area contributed by atoms with Gasteiger partial charge >= 0.3 is 6.36 Å². The van der Waals surface area contributed by atoms with Gasteiger partial charge in [0.15, 0.2) is 9.84 Å². The molecule has 1 aromatic rings. The van der Waals surface area contributed by atoms with Crippen LogP contribution in [0.1, 0.15) is 18.4 Å². The van der Waals surface area contributed by atoms with E-state index in [0.717, 1.165) is 12.1 Å². The van der Waals surface area contributed by atoms with E-state index in [-0.39, 0.29) is 17.9 Å². The number of alkyl halides is 3. The zero-order chi connectivity index (χ0) is 15.5. The van der Waals surface area contributed by atoms with Crippen molar-refractivity contribution in [2.45, 2.75) is 30.2 Å². The van der Waals surface area contributed by atoms with Crippen molar-refractivity contribution in [3.63, 3.8) is 0 Å². The van der Waals surface area contributed by atoms with Crippen molar-refractivity contribution in [2.24, 2.45) is 0 Å². The average Bonchev–Trinajstić information content (AvgIpc) is 2.37. The summed E-state index contributed by atoms with van der Waals surface area (Å²) in [6.45, 7) is 0.683. The maximum absolute atomic E-state index is 12.2. The van der Waals surface area contributed by atoms with Crippen LogP contribution in [0.2, 0.25) is 0 Å². The molecule has 0 bridgehead atoms. The van der Waals surface area contributed by atoms with E-state index in [1.165, 1.54) is 12.1 Å². The third kappa shape index (κ3) is 4.89. The van der Waals surface area contributed by atoms with Gasteiger partial charge < -0.3 is 9.47 Å². The van der Waals surface area contributed by atoms with Gasteiger partial charge in [-0.2, -0.15) is 0 Å². The van der Waals surface area contributed by atoms with Crippen LogP contribution in [0.3, 0.4) is 0 Å². The summed E-state index contributed by atoms with van der Waals surface area (Å²) in [5, 5.41) is -0.599. The summed E-state index contributed by atoms with van der Waals surface area (Å²) in [5.74, 6) is -0.745. The number of ether oxygens (including phenoxy) is 2. The van der Waals surface area contributed by atoms with Crippen LogP contribution in [0.15, 0.2) is 24.3 Å². The second-order valence-corrected chi connectivity index (χ2v) is 7.12. The Hall–Kier alpha value is -1.28. The molecule has 2 rings (SSSR count). The first-order valence-electron chi connectivity index (χ1n) is 6.40. The molecule has 4 nitrogen and oxygen atoms in total. The zero-order valence-electron chi connectivity index (χ0n) is 11.1. The van der Waals surface area contributed by atoms with Crippen LogP contribution in [0.5, 0.6) is 5.75 Å². The normalized spacial score (nSPS) is 20.2. The highest BCUT2D eigenvalue weighted by Gasteiger charge is 2.32. The maximum atomic E-state index is 12.2. The molecule has 21 heavy (non-hydrogen) atoms. The van der Waals surface area contributed by atoms with Crippen molar-refractivity contribution >= 4 is 9.84 Å². The van der Waals surface area contributed by atoms with E-state index in [2.05, 4.69) is 4.74 Å². The molecule has 1 aliphatic heterocycles. The molecule has 0 N–H and O–H groups in total. The summed E-state index contributed by atoms with van der Waals surface area (Å²) in [6, 6.07) is 5.02. The number of halogens is 3. The molecule has 0 aliphatic carbocycles. The monoisotopic (exact) mass is 324 g/mol. The van der Waals surface area contributed by atoms with Crippen molar-refractivity contribution in [3.05, 3.63) is 29.8 Å². The summed E-state index contributed by atoms with van der Waals surface area (Å²) < 4.78 is 69.8. The fourth-order valence-corrected chi connectivity index (χ4v) is 3.89. The van der Waals surface area contributed by atoms with Crippen LogP contribution in [0, 0.1) is 0 Å². The fraction of sp³-hybridized carbons (Fsp3) is 0.538. The van der Waals surface area contributed by atoms with Gasteiger partial charge in [-0.3, -0.25) is 0 Å². The number of benzene rings is 1. The molecule has 0 saturated carbocycles. The van der Waals surface area contributed by atoms with Gasteiger partial charge in [0, 0.05) is 6.61 Å². The molecule has 0 radical (unpaired) electrons. The first-order valence-corrected chi connectivity index (χ1v) is 8.12. The molecule has 1 aromatic carbocycles. The van der Waals surface area contributed by atoms with Crippen LogP contribution < -0.4 is 4.74 Å². The highest BCUT2D eigenvalue weighted by atomic mass is 32.2. The summed E-state index contributed by atoms with van der Waals surface area (Å²) in [6.07, 6.45) is -3.61. The minimum atomic E-state index is -4.80. The molecular formula is C13H15F3O4S. The Morgan fingerprint density at radius 3 is 2.71 bits per heavy atom. The molecular weight excluding hydrogens is 309 g/mol. The largest absolute Gasteiger partial charge is 0.573 e. The van der Waals surface area contributed by atoms with E-state index in [1.807, 2.05) is 0 Å². The fourth-order valence-electron chi connectivity index (χ4n) is 2.18. The predicted molar refractivity (Wildman–Crippen MR) is 69.6 cm³/mol. The summed E-state index contributed by atoms with van der Waals surface area (Å²) in [4.78, 5) is 0. The third-order valence-corrected chi connectivity index (χ3v) is 5.25. The minimum absolute atomic E-state index is 0.140. The molecule has 0 amide bonds. The Kier molecular flexibility index (Phi) is 4.77. The van der Waals surface area contributed by atoms with Gasteiger partial charge in [-0.25, -0.2) is 8.42 Å². The first-order chi connectivity index (χ1) is 9.76. The number of hydrogen-bond donors (Lipinski definition) is 0. The van der Waals surface area contributed by atoms with Gasteiger partial charge in [-0.15, -0.1) is 13.2 Å². The van der Waals surface area contributed by atoms with Gasteiger partial charge in [-0.05, 0) is 30.5 Å². The van der Waals surface area contributed by atoms with Crippen molar-refractivity contribution in [1.29, 1.82) is 0 Å². The SMILES string of the molecule is O=S(=O)(Cc1cccc(OC(F)(F)F)c1)C1CCCOC1. The Balaban J connectivity index is 2.10. The van der Waals surface area contributed by atoms with Crippen molar-refractivity contribution in [3.8, 4) is 5.75 Å². The zero-order valence-corrected chi connectivity index (χ0v) is 11.9. The van der Waals surface area contributed by atoms with E-state index in [9.17, 15) is 21.6 Å². The van der Waals surface area contributed by atoms with Crippen LogP contribution in [-0.2, 0) is 20.3 Å². The van der Waals surface area contributed by atoms with Crippen LogP contribution in [-0.4, -0.2) is 33.2 Å². The highest BCUT2D eigenvalue weighted by molar-refractivity contribution is 7.91. The lowest BCUT2D eigenvalue weighted by atomic mass is 10.2. The highest BCUT2D eigenvalue weighted by Crippen LogP contribution is 2.25. The molecule has 1 saturated heterocycles. The van der Waals surface area contributed by atoms with Gasteiger partial charge in [0.05, 0.1) is 17.6 Å². The minimum Gasteiger partial charge on any atom is -0.406 e. The molecule has 1 fully saturated rings. The van der Waals surface area contributed by atoms with Crippen molar-refractivity contribution in [1.82, 2.24) is 0 Å². The molecule has 0 aromatic heterocycles. The molecule has 1 aliphatic rings. The number of hydrogen-bond acceptors (Lipinski definition) is 4. The lowest BCUT2D eigenvalue weighted by Gasteiger charge is -2.22. The van der Waals surface area contributed by atoms with E-state index < -0.39 is 27.2 Å². The first kappa shape index (κ1) is 16.1. The van der Waals surface area contributed by atoms with Crippen LogP contribution in [0.25, 0.3) is 0 Å². The van der Waals surface area contributed by atoms with Gasteiger partial charge in [0.25, 0.3) is 0 Å². The molecule has 1 unspecified atom stereocenters. The van der Waals surface area contributed by atoms with E-state index in [0.29, 0.717) is 19.4 Å². The Morgan fingerprint density at radius 1 is 1.33 bits per heavy atom. The molecule has 1 heterocycles. The molecule has 118 valence electrons. The smallest absolute Gasteiger partial charge is 0.406 e. The van der Waals surface area contributed by atoms with E-state index in [1.54, 1.807) is 0 Å². The second kappa shape index (κ2) is 6.23. The van der Waals surface area contributed by atoms with Crippen molar-refractivity contribution in [2.75, 3.05) is 13.2 Å². The van der Waals surface area contributed by atoms with Gasteiger partial charge in [0.1, 0.15) is 5.75 Å². The standard InChI is InChI=1S/C13H15F3O4S/c14-13(15,16)20-11-4-1-3-10(7-11)9-21(17,18)12-5-2-6-19-8-12/h1,3-4,7,12H,2,5-6,8-9H2. The van der Waals surface area contributed by atoms with E-state index >= 15 is 0 Å². The topological polar surface area (TPSA) is 52.6 Å². The quantitative estimate of drug-likeness (QED) is 0.854. The Labute approximate surface area is 120 Å². The molecule has 8 heteroatoms. The Morgan fingerprint density at radius 2 is 2.10 bits per heavy atom.